The van der Waals surface area contributed by atoms with Crippen LogP contribution in [-0.2, 0) is 14.3 Å². The summed E-state index contributed by atoms with van der Waals surface area (Å²) in [6.45, 7) is 1.93. The van der Waals surface area contributed by atoms with Crippen LogP contribution < -0.4 is 10.6 Å². The van der Waals surface area contributed by atoms with E-state index in [9.17, 15) is 14.4 Å². The van der Waals surface area contributed by atoms with E-state index in [1.54, 1.807) is 31.2 Å². The second kappa shape index (κ2) is 10.7. The van der Waals surface area contributed by atoms with E-state index in [-0.39, 0.29) is 24.9 Å². The number of ether oxygens (including phenoxy) is 1. The molecule has 4 rings (SSSR count). The summed E-state index contributed by atoms with van der Waals surface area (Å²) in [6, 6.07) is 22.6. The molecule has 35 heavy (non-hydrogen) atoms. The van der Waals surface area contributed by atoms with E-state index in [1.165, 1.54) is 6.08 Å². The molecular formula is C28H26N2O5. The first-order chi connectivity index (χ1) is 16.9. The maximum Gasteiger partial charge on any atom is 0.407 e. The molecule has 3 N–H and O–H groups in total. The van der Waals surface area contributed by atoms with Crippen molar-refractivity contribution in [2.75, 3.05) is 11.9 Å². The van der Waals surface area contributed by atoms with Crippen molar-refractivity contribution >= 4 is 29.7 Å². The summed E-state index contributed by atoms with van der Waals surface area (Å²) in [6.07, 6.45) is 1.95. The van der Waals surface area contributed by atoms with Crippen LogP contribution in [-0.4, -0.2) is 35.7 Å². The second-order valence-corrected chi connectivity index (χ2v) is 8.42. The van der Waals surface area contributed by atoms with E-state index in [0.717, 1.165) is 28.3 Å². The number of carboxylic acid groups (broad SMARTS) is 1. The molecule has 2 amide bonds. The molecule has 0 radical (unpaired) electrons. The largest absolute Gasteiger partial charge is 0.478 e. The third kappa shape index (κ3) is 5.95. The number of carboxylic acids is 1. The Hall–Kier alpha value is -4.39. The van der Waals surface area contributed by atoms with Crippen LogP contribution in [0.15, 0.2) is 78.9 Å². The highest BCUT2D eigenvalue weighted by Gasteiger charge is 2.29. The molecule has 0 saturated carbocycles. The SMILES string of the molecule is C[C@H](CC(=O)Nc1cccc(/C=C/C(=O)O)c1)NC(=O)OCC1c2ccccc2-c2ccccc21. The first-order valence-corrected chi connectivity index (χ1v) is 11.3. The number of nitrogens with one attached hydrogen (secondary N) is 2. The molecule has 0 spiro atoms. The third-order valence-corrected chi connectivity index (χ3v) is 5.79. The zero-order chi connectivity index (χ0) is 24.8. The molecule has 178 valence electrons. The Kier molecular flexibility index (Phi) is 7.26. The van der Waals surface area contributed by atoms with E-state index in [1.807, 2.05) is 24.3 Å². The summed E-state index contributed by atoms with van der Waals surface area (Å²) in [5.41, 5.74) is 5.77. The van der Waals surface area contributed by atoms with Crippen molar-refractivity contribution in [3.63, 3.8) is 0 Å². The Morgan fingerprint density at radius 1 is 0.971 bits per heavy atom. The second-order valence-electron chi connectivity index (χ2n) is 8.42. The Balaban J connectivity index is 1.28. The van der Waals surface area contributed by atoms with E-state index in [4.69, 9.17) is 9.84 Å². The van der Waals surface area contributed by atoms with E-state index < -0.39 is 18.1 Å². The minimum Gasteiger partial charge on any atom is -0.478 e. The van der Waals surface area contributed by atoms with Gasteiger partial charge in [-0.15, -0.1) is 0 Å². The lowest BCUT2D eigenvalue weighted by Gasteiger charge is -2.17. The fourth-order valence-corrected chi connectivity index (χ4v) is 4.27. The number of benzene rings is 3. The van der Waals surface area contributed by atoms with Gasteiger partial charge < -0.3 is 20.5 Å². The molecule has 0 aliphatic heterocycles. The Labute approximate surface area is 203 Å². The first-order valence-electron chi connectivity index (χ1n) is 11.3. The van der Waals surface area contributed by atoms with Gasteiger partial charge in [0.15, 0.2) is 0 Å². The molecule has 1 atom stereocenters. The van der Waals surface area contributed by atoms with Crippen LogP contribution >= 0.6 is 0 Å². The van der Waals surface area contributed by atoms with E-state index in [2.05, 4.69) is 34.9 Å². The molecule has 7 heteroatoms. The number of hydrogen-bond donors (Lipinski definition) is 3. The third-order valence-electron chi connectivity index (χ3n) is 5.79. The van der Waals surface area contributed by atoms with Crippen LogP contribution in [0.5, 0.6) is 0 Å². The molecule has 1 aliphatic rings. The molecule has 0 bridgehead atoms. The molecule has 0 aromatic heterocycles. The number of aliphatic carboxylic acids is 1. The Morgan fingerprint density at radius 2 is 1.63 bits per heavy atom. The highest BCUT2D eigenvalue weighted by atomic mass is 16.5. The van der Waals surface area contributed by atoms with Gasteiger partial charge in [-0.05, 0) is 52.9 Å². The molecule has 0 heterocycles. The number of amides is 2. The average Bonchev–Trinajstić information content (AvgIpc) is 3.15. The fraction of sp³-hybridized carbons (Fsp3) is 0.179. The van der Waals surface area contributed by atoms with Gasteiger partial charge in [-0.3, -0.25) is 4.79 Å². The van der Waals surface area contributed by atoms with Gasteiger partial charge in [-0.1, -0.05) is 60.7 Å². The Bertz CT molecular complexity index is 1240. The molecule has 7 nitrogen and oxygen atoms in total. The first kappa shape index (κ1) is 23.8. The van der Waals surface area contributed by atoms with E-state index in [0.29, 0.717) is 11.3 Å². The van der Waals surface area contributed by atoms with Crippen LogP contribution in [0.1, 0.15) is 36.0 Å². The van der Waals surface area contributed by atoms with Crippen LogP contribution in [0.25, 0.3) is 17.2 Å². The monoisotopic (exact) mass is 470 g/mol. The number of fused-ring (bicyclic) bond motifs is 3. The topological polar surface area (TPSA) is 105 Å². The van der Waals surface area contributed by atoms with Gasteiger partial charge in [-0.2, -0.15) is 0 Å². The molecular weight excluding hydrogens is 444 g/mol. The zero-order valence-corrected chi connectivity index (χ0v) is 19.2. The Morgan fingerprint density at radius 3 is 2.29 bits per heavy atom. The number of carbonyl (C=O) groups excluding carboxylic acids is 2. The maximum atomic E-state index is 12.4. The highest BCUT2D eigenvalue weighted by Crippen LogP contribution is 2.44. The summed E-state index contributed by atoms with van der Waals surface area (Å²) in [7, 11) is 0. The van der Waals surface area contributed by atoms with Gasteiger partial charge in [0, 0.05) is 30.1 Å². The van der Waals surface area contributed by atoms with Crippen molar-refractivity contribution in [3.05, 3.63) is 95.6 Å². The lowest BCUT2D eigenvalue weighted by atomic mass is 9.98. The predicted octanol–water partition coefficient (Wildman–Crippen LogP) is 5.04. The van der Waals surface area contributed by atoms with Crippen LogP contribution in [0.2, 0.25) is 0 Å². The molecule has 0 unspecified atom stereocenters. The number of anilines is 1. The quantitative estimate of drug-likeness (QED) is 0.400. The average molecular weight is 471 g/mol. The van der Waals surface area contributed by atoms with Gasteiger partial charge in [0.2, 0.25) is 5.91 Å². The van der Waals surface area contributed by atoms with Gasteiger partial charge in [0.25, 0.3) is 0 Å². The molecule has 1 aliphatic carbocycles. The number of hydrogen-bond acceptors (Lipinski definition) is 4. The number of carbonyl (C=O) groups is 3. The normalized spacial score (nSPS) is 13.1. The number of rotatable bonds is 8. The molecule has 3 aromatic rings. The minimum atomic E-state index is -1.05. The molecule has 0 fully saturated rings. The summed E-state index contributed by atoms with van der Waals surface area (Å²) in [4.78, 5) is 35.5. The molecule has 3 aromatic carbocycles. The van der Waals surface area contributed by atoms with Crippen molar-refractivity contribution in [1.29, 1.82) is 0 Å². The maximum absolute atomic E-state index is 12.4. The van der Waals surface area contributed by atoms with Crippen molar-refractivity contribution in [2.45, 2.75) is 25.3 Å². The smallest absolute Gasteiger partial charge is 0.407 e. The van der Waals surface area contributed by atoms with Gasteiger partial charge in [-0.25, -0.2) is 9.59 Å². The lowest BCUT2D eigenvalue weighted by Crippen LogP contribution is -2.36. The van der Waals surface area contributed by atoms with Crippen LogP contribution in [0.3, 0.4) is 0 Å². The van der Waals surface area contributed by atoms with Gasteiger partial charge >= 0.3 is 12.1 Å². The van der Waals surface area contributed by atoms with Gasteiger partial charge in [0.05, 0.1) is 0 Å². The van der Waals surface area contributed by atoms with Gasteiger partial charge in [0.1, 0.15) is 6.61 Å². The number of alkyl carbamates (subject to hydrolysis) is 1. The van der Waals surface area contributed by atoms with Crippen LogP contribution in [0, 0.1) is 0 Å². The van der Waals surface area contributed by atoms with E-state index >= 15 is 0 Å². The van der Waals surface area contributed by atoms with Crippen molar-refractivity contribution in [1.82, 2.24) is 5.32 Å². The van der Waals surface area contributed by atoms with Crippen molar-refractivity contribution < 1.29 is 24.2 Å². The summed E-state index contributed by atoms with van der Waals surface area (Å²) in [5, 5.41) is 14.2. The zero-order valence-electron chi connectivity index (χ0n) is 19.2. The van der Waals surface area contributed by atoms with Crippen molar-refractivity contribution in [2.24, 2.45) is 0 Å². The lowest BCUT2D eigenvalue weighted by molar-refractivity contribution is -0.131. The predicted molar refractivity (Wildman–Crippen MR) is 134 cm³/mol. The molecule has 0 saturated heterocycles. The van der Waals surface area contributed by atoms with Crippen molar-refractivity contribution in [3.8, 4) is 11.1 Å². The standard InChI is InChI=1S/C28H26N2O5/c1-18(15-26(31)30-20-8-6-7-19(16-20)13-14-27(32)33)29-28(34)35-17-25-23-11-4-2-9-21(23)22-10-3-5-12-24(22)25/h2-14,16,18,25H,15,17H2,1H3,(H,29,34)(H,30,31)(H,32,33)/b14-13+/t18-/m1/s1. The summed E-state index contributed by atoms with van der Waals surface area (Å²) in [5.74, 6) is -1.36. The minimum absolute atomic E-state index is 0.0331. The highest BCUT2D eigenvalue weighted by molar-refractivity contribution is 5.92. The summed E-state index contributed by atoms with van der Waals surface area (Å²) >= 11 is 0. The summed E-state index contributed by atoms with van der Waals surface area (Å²) < 4.78 is 5.53. The fourth-order valence-electron chi connectivity index (χ4n) is 4.27. The van der Waals surface area contributed by atoms with Crippen LogP contribution in [0.4, 0.5) is 10.5 Å².